The molecule has 0 fully saturated rings. The van der Waals surface area contributed by atoms with Crippen LogP contribution in [0.4, 0.5) is 0 Å². The molecule has 0 atom stereocenters. The number of nitrogens with zero attached hydrogens (tertiary/aromatic N) is 1. The zero-order chi connectivity index (χ0) is 10.9. The Morgan fingerprint density at radius 1 is 1.40 bits per heavy atom. The van der Waals surface area contributed by atoms with Crippen LogP contribution in [-0.2, 0) is 6.54 Å². The summed E-state index contributed by atoms with van der Waals surface area (Å²) in [4.78, 5) is 0. The fourth-order valence-electron chi connectivity index (χ4n) is 1.30. The molecular formula is C13H14N2. The van der Waals surface area contributed by atoms with Crippen LogP contribution >= 0.6 is 0 Å². The molecule has 0 unspecified atom stereocenters. The highest BCUT2D eigenvalue weighted by molar-refractivity contribution is 5.32. The smallest absolute Gasteiger partial charge is 0.0991 e. The van der Waals surface area contributed by atoms with Crippen molar-refractivity contribution < 1.29 is 0 Å². The summed E-state index contributed by atoms with van der Waals surface area (Å²) in [6, 6.07) is 9.74. The molecule has 0 aromatic heterocycles. The Morgan fingerprint density at radius 2 is 2.27 bits per heavy atom. The second-order valence-corrected chi connectivity index (χ2v) is 3.30. The first-order valence-electron chi connectivity index (χ1n) is 5.00. The maximum absolute atomic E-state index is 8.71. The molecule has 1 aromatic rings. The molecule has 1 rings (SSSR count). The number of benzene rings is 1. The first-order valence-corrected chi connectivity index (χ1v) is 5.00. The van der Waals surface area contributed by atoms with Crippen molar-refractivity contribution in [2.45, 2.75) is 19.4 Å². The molecule has 1 aromatic carbocycles. The summed E-state index contributed by atoms with van der Waals surface area (Å²) in [5.41, 5.74) is 1.84. The minimum absolute atomic E-state index is 0.706. The van der Waals surface area contributed by atoms with Crippen LogP contribution in [0.3, 0.4) is 0 Å². The third-order valence-electron chi connectivity index (χ3n) is 2.06. The number of nitrogens with one attached hydrogen (secondary N) is 1. The summed E-state index contributed by atoms with van der Waals surface area (Å²) in [5.74, 6) is 2.60. The molecule has 1 N–H and O–H groups in total. The van der Waals surface area contributed by atoms with Crippen molar-refractivity contribution in [3.05, 3.63) is 35.4 Å². The van der Waals surface area contributed by atoms with Crippen LogP contribution in [0.25, 0.3) is 0 Å². The van der Waals surface area contributed by atoms with Crippen LogP contribution in [0.5, 0.6) is 0 Å². The second kappa shape index (κ2) is 6.65. The highest BCUT2D eigenvalue weighted by Gasteiger charge is 1.94. The predicted octanol–water partition coefficient (Wildman–Crippen LogP) is 2.06. The van der Waals surface area contributed by atoms with E-state index in [1.807, 2.05) is 24.3 Å². The van der Waals surface area contributed by atoms with Crippen molar-refractivity contribution in [2.75, 3.05) is 6.54 Å². The van der Waals surface area contributed by atoms with Crippen molar-refractivity contribution in [3.8, 4) is 18.4 Å². The first kappa shape index (κ1) is 11.3. The number of rotatable bonds is 5. The van der Waals surface area contributed by atoms with Gasteiger partial charge >= 0.3 is 0 Å². The van der Waals surface area contributed by atoms with Gasteiger partial charge in [-0.3, -0.25) is 0 Å². The minimum atomic E-state index is 0.706. The molecule has 0 spiro atoms. The van der Waals surface area contributed by atoms with Gasteiger partial charge in [0.2, 0.25) is 0 Å². The quantitative estimate of drug-likeness (QED) is 0.580. The van der Waals surface area contributed by atoms with E-state index in [1.54, 1.807) is 0 Å². The van der Waals surface area contributed by atoms with Crippen molar-refractivity contribution in [1.29, 1.82) is 5.26 Å². The highest BCUT2D eigenvalue weighted by Crippen LogP contribution is 2.03. The Bertz CT molecular complexity index is 382. The monoisotopic (exact) mass is 198 g/mol. The largest absolute Gasteiger partial charge is 0.313 e. The van der Waals surface area contributed by atoms with Crippen LogP contribution in [0.1, 0.15) is 24.0 Å². The summed E-state index contributed by atoms with van der Waals surface area (Å²) in [6.07, 6.45) is 6.95. The van der Waals surface area contributed by atoms with Gasteiger partial charge in [0.1, 0.15) is 0 Å². The standard InChI is InChI=1S/C13H14N2/c1-2-3-4-8-15-11-13-7-5-6-12(9-13)10-14/h1,5-7,9,15H,3-4,8,11H2. The van der Waals surface area contributed by atoms with Crippen molar-refractivity contribution >= 4 is 0 Å². The fraction of sp³-hybridized carbons (Fsp3) is 0.308. The Morgan fingerprint density at radius 3 is 3.00 bits per heavy atom. The summed E-state index contributed by atoms with van der Waals surface area (Å²) in [7, 11) is 0. The number of terminal acetylenes is 1. The van der Waals surface area contributed by atoms with Crippen LogP contribution in [0.2, 0.25) is 0 Å². The van der Waals surface area contributed by atoms with Gasteiger partial charge in [-0.05, 0) is 30.7 Å². The average molecular weight is 198 g/mol. The second-order valence-electron chi connectivity index (χ2n) is 3.30. The van der Waals surface area contributed by atoms with Crippen LogP contribution < -0.4 is 5.32 Å². The summed E-state index contributed by atoms with van der Waals surface area (Å²) in [6.45, 7) is 1.71. The lowest BCUT2D eigenvalue weighted by atomic mass is 10.1. The van der Waals surface area contributed by atoms with Gasteiger partial charge in [-0.25, -0.2) is 0 Å². The molecule has 2 heteroatoms. The lowest BCUT2D eigenvalue weighted by Crippen LogP contribution is -2.14. The first-order chi connectivity index (χ1) is 7.36. The molecule has 0 aliphatic carbocycles. The molecule has 15 heavy (non-hydrogen) atoms. The fourth-order valence-corrected chi connectivity index (χ4v) is 1.30. The Hall–Kier alpha value is -1.77. The Kier molecular flexibility index (Phi) is 5.01. The Labute approximate surface area is 90.9 Å². The van der Waals surface area contributed by atoms with E-state index in [0.717, 1.165) is 31.5 Å². The van der Waals surface area contributed by atoms with Gasteiger partial charge in [0.05, 0.1) is 11.6 Å². The average Bonchev–Trinajstić information content (AvgIpc) is 2.29. The van der Waals surface area contributed by atoms with E-state index >= 15 is 0 Å². The maximum atomic E-state index is 8.71. The maximum Gasteiger partial charge on any atom is 0.0991 e. The molecule has 0 saturated carbocycles. The summed E-state index contributed by atoms with van der Waals surface area (Å²) >= 11 is 0. The van der Waals surface area contributed by atoms with Gasteiger partial charge in [0, 0.05) is 13.0 Å². The van der Waals surface area contributed by atoms with E-state index in [0.29, 0.717) is 5.56 Å². The van der Waals surface area contributed by atoms with Crippen LogP contribution in [0.15, 0.2) is 24.3 Å². The van der Waals surface area contributed by atoms with Crippen molar-refractivity contribution in [2.24, 2.45) is 0 Å². The summed E-state index contributed by atoms with van der Waals surface area (Å²) < 4.78 is 0. The van der Waals surface area contributed by atoms with Crippen molar-refractivity contribution in [3.63, 3.8) is 0 Å². The van der Waals surface area contributed by atoms with E-state index < -0.39 is 0 Å². The predicted molar refractivity (Wildman–Crippen MR) is 60.9 cm³/mol. The molecule has 0 amide bonds. The molecule has 0 aliphatic rings. The zero-order valence-electron chi connectivity index (χ0n) is 8.66. The van der Waals surface area contributed by atoms with Gasteiger partial charge in [0.15, 0.2) is 0 Å². The minimum Gasteiger partial charge on any atom is -0.313 e. The lowest BCUT2D eigenvalue weighted by molar-refractivity contribution is 0.659. The lowest BCUT2D eigenvalue weighted by Gasteiger charge is -2.03. The third-order valence-corrected chi connectivity index (χ3v) is 2.06. The SMILES string of the molecule is C#CCCCNCc1cccc(C#N)c1. The third kappa shape index (κ3) is 4.31. The molecular weight excluding hydrogens is 184 g/mol. The van der Waals surface area contributed by atoms with Gasteiger partial charge in [-0.15, -0.1) is 12.3 Å². The number of hydrogen-bond donors (Lipinski definition) is 1. The highest BCUT2D eigenvalue weighted by atomic mass is 14.8. The van der Waals surface area contributed by atoms with E-state index in [1.165, 1.54) is 0 Å². The normalized spacial score (nSPS) is 9.20. The molecule has 0 radical (unpaired) electrons. The molecule has 0 saturated heterocycles. The topological polar surface area (TPSA) is 35.8 Å². The van der Waals surface area contributed by atoms with Gasteiger partial charge in [0.25, 0.3) is 0 Å². The summed E-state index contributed by atoms with van der Waals surface area (Å²) in [5, 5.41) is 12.0. The molecule has 0 aliphatic heterocycles. The van der Waals surface area contributed by atoms with E-state index in [2.05, 4.69) is 17.3 Å². The molecule has 2 nitrogen and oxygen atoms in total. The zero-order valence-corrected chi connectivity index (χ0v) is 8.66. The Balaban J connectivity index is 2.32. The van der Waals surface area contributed by atoms with Crippen LogP contribution in [-0.4, -0.2) is 6.54 Å². The van der Waals surface area contributed by atoms with E-state index in [4.69, 9.17) is 11.7 Å². The number of hydrogen-bond acceptors (Lipinski definition) is 2. The van der Waals surface area contributed by atoms with Gasteiger partial charge in [-0.2, -0.15) is 5.26 Å². The van der Waals surface area contributed by atoms with Gasteiger partial charge in [-0.1, -0.05) is 12.1 Å². The number of nitriles is 1. The van der Waals surface area contributed by atoms with Crippen LogP contribution in [0, 0.1) is 23.7 Å². The van der Waals surface area contributed by atoms with Crippen molar-refractivity contribution in [1.82, 2.24) is 5.32 Å². The molecule has 0 heterocycles. The van der Waals surface area contributed by atoms with E-state index in [9.17, 15) is 0 Å². The number of unbranched alkanes of at least 4 members (excludes halogenated alkanes) is 1. The molecule has 0 bridgehead atoms. The molecule has 76 valence electrons. The van der Waals surface area contributed by atoms with Gasteiger partial charge < -0.3 is 5.32 Å². The van der Waals surface area contributed by atoms with E-state index in [-0.39, 0.29) is 0 Å².